The number of hydrogen-bond donors (Lipinski definition) is 0. The fourth-order valence-electron chi connectivity index (χ4n) is 0. The van der Waals surface area contributed by atoms with Crippen LogP contribution in [0.3, 0.4) is 0 Å². The molecule has 5 heteroatoms. The summed E-state index contributed by atoms with van der Waals surface area (Å²) in [5, 5.41) is 1.99. The van der Waals surface area contributed by atoms with Gasteiger partial charge in [0.15, 0.2) is 0 Å². The second-order valence-electron chi connectivity index (χ2n) is 0.257. The van der Waals surface area contributed by atoms with Crippen LogP contribution in [0.2, 0.25) is 0 Å². The maximum atomic E-state index is 8.70. The predicted molar refractivity (Wildman–Crippen MR) is 15.4 cm³/mol. The first-order valence-electron chi connectivity index (χ1n) is 0.773. The summed E-state index contributed by atoms with van der Waals surface area (Å²) >= 11 is 0. The molecule has 0 fully saturated rings. The van der Waals surface area contributed by atoms with Crippen molar-refractivity contribution in [1.29, 1.82) is 0 Å². The number of nitrogens with zero attached hydrogens (tertiary/aromatic N) is 1. The minimum absolute atomic E-state index is 0. The van der Waals surface area contributed by atoms with Crippen molar-refractivity contribution in [2.45, 2.75) is 0 Å². The van der Waals surface area contributed by atoms with E-state index in [0.29, 0.717) is 0 Å². The van der Waals surface area contributed by atoms with Crippen molar-refractivity contribution >= 4 is 8.05 Å². The van der Waals surface area contributed by atoms with Crippen LogP contribution in [0.1, 0.15) is 0 Å². The van der Waals surface area contributed by atoms with Gasteiger partial charge in [0.25, 0.3) is 0 Å². The molecule has 0 aromatic rings. The number of hydrogen-bond acceptors (Lipinski definition) is 3. The van der Waals surface area contributed by atoms with Gasteiger partial charge in [-0.25, -0.2) is 0 Å². The first-order valence-corrected chi connectivity index (χ1v) is 0.773. The molecule has 0 heterocycles. The Morgan fingerprint density at radius 2 is 2.00 bits per heavy atom. The molecule has 0 aliphatic heterocycles. The van der Waals surface area contributed by atoms with Gasteiger partial charge in [-0.2, -0.15) is 0 Å². The molecular formula is H2BNO2Ti. The zero-order valence-electron chi connectivity index (χ0n) is 2.76. The summed E-state index contributed by atoms with van der Waals surface area (Å²) in [5.41, 5.74) is 0. The molecule has 0 aromatic carbocycles. The van der Waals surface area contributed by atoms with Gasteiger partial charge in [0.1, 0.15) is 5.34 Å². The molecule has 0 aliphatic rings. The molecule has 0 aromatic heterocycles. The van der Waals surface area contributed by atoms with Crippen molar-refractivity contribution in [2.24, 2.45) is 5.34 Å². The molecule has 0 bridgehead atoms. The van der Waals surface area contributed by atoms with E-state index in [1.165, 1.54) is 8.05 Å². The molecule has 0 amide bonds. The smallest absolute Gasteiger partial charge is 0.365 e. The van der Waals surface area contributed by atoms with E-state index in [-0.39, 0.29) is 21.7 Å². The normalized spacial score (nSPS) is 4.00. The van der Waals surface area contributed by atoms with Gasteiger partial charge in [-0.05, 0) is 0 Å². The molecule has 0 spiro atoms. The van der Waals surface area contributed by atoms with E-state index in [0.717, 1.165) is 0 Å². The van der Waals surface area contributed by atoms with Crippen LogP contribution in [0, 0.1) is 4.91 Å². The molecule has 0 radical (unpaired) electrons. The fraction of sp³-hybridized carbons (Fsp3) is 0. The molecule has 26 valence electrons. The molecule has 0 unspecified atom stereocenters. The Bertz CT molecular complexity index is 23.6. The average molecular weight is 107 g/mol. The van der Waals surface area contributed by atoms with Gasteiger partial charge in [0.2, 0.25) is 0 Å². The molecule has 0 atom stereocenters. The standard InChI is InChI=1S/BH2NO2.Ti/c1-4-2-3;/h1H2;. The Morgan fingerprint density at radius 3 is 2.00 bits per heavy atom. The zero-order chi connectivity index (χ0) is 3.41. The third-order valence-corrected chi connectivity index (χ3v) is 0.0745. The van der Waals surface area contributed by atoms with Gasteiger partial charge in [0.05, 0.1) is 0 Å². The van der Waals surface area contributed by atoms with E-state index in [2.05, 4.69) is 4.76 Å². The SMILES string of the molecule is BON=O.[Ti]. The largest absolute Gasteiger partial charge is 0.449 e. The third-order valence-electron chi connectivity index (χ3n) is 0.0745. The van der Waals surface area contributed by atoms with E-state index < -0.39 is 0 Å². The predicted octanol–water partition coefficient (Wildman–Crippen LogP) is -0.770. The summed E-state index contributed by atoms with van der Waals surface area (Å²) in [6.45, 7) is 0. The Labute approximate surface area is 45.3 Å². The van der Waals surface area contributed by atoms with Gasteiger partial charge in [-0.3, -0.25) is 0 Å². The summed E-state index contributed by atoms with van der Waals surface area (Å²) in [4.78, 5) is 8.70. The van der Waals surface area contributed by atoms with E-state index >= 15 is 0 Å². The molecular weight excluding hydrogens is 105 g/mol. The quantitative estimate of drug-likeness (QED) is 0.250. The zero-order valence-corrected chi connectivity index (χ0v) is 4.33. The second kappa shape index (κ2) is 8.89. The van der Waals surface area contributed by atoms with Crippen molar-refractivity contribution in [3.05, 3.63) is 4.91 Å². The van der Waals surface area contributed by atoms with Crippen molar-refractivity contribution < 1.29 is 26.5 Å². The molecule has 0 saturated heterocycles. The Balaban J connectivity index is 0. The molecule has 0 aliphatic carbocycles. The van der Waals surface area contributed by atoms with Crippen LogP contribution in [0.15, 0.2) is 5.34 Å². The van der Waals surface area contributed by atoms with Crippen LogP contribution in [-0.2, 0) is 26.5 Å². The molecule has 0 N–H and O–H groups in total. The molecule has 5 heavy (non-hydrogen) atoms. The van der Waals surface area contributed by atoms with E-state index in [1.54, 1.807) is 0 Å². The van der Waals surface area contributed by atoms with Gasteiger partial charge < -0.3 is 4.76 Å². The molecule has 0 saturated carbocycles. The minimum Gasteiger partial charge on any atom is -0.449 e. The Morgan fingerprint density at radius 1 is 1.80 bits per heavy atom. The van der Waals surface area contributed by atoms with Crippen molar-refractivity contribution in [1.82, 2.24) is 0 Å². The summed E-state index contributed by atoms with van der Waals surface area (Å²) < 4.78 is 3.61. The van der Waals surface area contributed by atoms with Gasteiger partial charge in [-0.15, -0.1) is 4.91 Å². The summed E-state index contributed by atoms with van der Waals surface area (Å²) in [5.74, 6) is 0. The van der Waals surface area contributed by atoms with Crippen molar-refractivity contribution in [3.8, 4) is 0 Å². The van der Waals surface area contributed by atoms with Crippen LogP contribution in [0.5, 0.6) is 0 Å². The van der Waals surface area contributed by atoms with Crippen LogP contribution in [0.4, 0.5) is 0 Å². The second-order valence-corrected chi connectivity index (χ2v) is 0.257. The van der Waals surface area contributed by atoms with Gasteiger partial charge in [-0.1, -0.05) is 0 Å². The van der Waals surface area contributed by atoms with Gasteiger partial charge >= 0.3 is 8.05 Å². The van der Waals surface area contributed by atoms with E-state index in [4.69, 9.17) is 4.91 Å². The Kier molecular flexibility index (Phi) is 15.9. The topological polar surface area (TPSA) is 38.7 Å². The van der Waals surface area contributed by atoms with Crippen LogP contribution >= 0.6 is 0 Å². The van der Waals surface area contributed by atoms with Crippen LogP contribution < -0.4 is 0 Å². The van der Waals surface area contributed by atoms with E-state index in [1.807, 2.05) is 5.34 Å². The summed E-state index contributed by atoms with van der Waals surface area (Å²) in [7, 11) is 1.20. The summed E-state index contributed by atoms with van der Waals surface area (Å²) in [6, 6.07) is 0. The van der Waals surface area contributed by atoms with Crippen LogP contribution in [0.25, 0.3) is 0 Å². The van der Waals surface area contributed by atoms with Crippen molar-refractivity contribution in [2.75, 3.05) is 0 Å². The van der Waals surface area contributed by atoms with Gasteiger partial charge in [0, 0.05) is 21.7 Å². The first-order chi connectivity index (χ1) is 1.91. The average Bonchev–Trinajstić information content (AvgIpc) is 1.37. The third kappa shape index (κ3) is 14.3. The molecule has 0 rings (SSSR count). The van der Waals surface area contributed by atoms with Crippen LogP contribution in [-0.4, -0.2) is 8.05 Å². The van der Waals surface area contributed by atoms with Crippen molar-refractivity contribution in [3.63, 3.8) is 0 Å². The monoisotopic (exact) mass is 107 g/mol. The maximum absolute atomic E-state index is 8.70. The fourth-order valence-corrected chi connectivity index (χ4v) is 0. The minimum atomic E-state index is 0. The van der Waals surface area contributed by atoms with E-state index in [9.17, 15) is 0 Å². The Hall–Kier alpha value is 0.179. The maximum Gasteiger partial charge on any atom is 0.365 e. The number of rotatable bonds is 1. The summed E-state index contributed by atoms with van der Waals surface area (Å²) in [6.07, 6.45) is 0. The first kappa shape index (κ1) is 8.95. The molecule has 3 nitrogen and oxygen atoms in total.